The summed E-state index contributed by atoms with van der Waals surface area (Å²) in [7, 11) is 0. The van der Waals surface area contributed by atoms with Crippen molar-refractivity contribution in [2.75, 3.05) is 36.9 Å². The smallest absolute Gasteiger partial charge is 0.323 e. The Morgan fingerprint density at radius 3 is 2.44 bits per heavy atom. The first-order valence-electron chi connectivity index (χ1n) is 10.8. The van der Waals surface area contributed by atoms with Gasteiger partial charge in [-0.1, -0.05) is 12.1 Å². The van der Waals surface area contributed by atoms with E-state index in [1.165, 1.54) is 4.57 Å². The minimum Gasteiger partial charge on any atom is -0.347 e. The van der Waals surface area contributed by atoms with Crippen LogP contribution in [-0.4, -0.2) is 53.5 Å². The van der Waals surface area contributed by atoms with E-state index in [0.717, 1.165) is 5.56 Å². The number of hydrogen-bond donors (Lipinski definition) is 2. The number of carbonyl (C=O) groups is 2. The van der Waals surface area contributed by atoms with Gasteiger partial charge in [0.1, 0.15) is 12.2 Å². The number of anilines is 2. The van der Waals surface area contributed by atoms with Crippen LogP contribution in [0.25, 0.3) is 0 Å². The van der Waals surface area contributed by atoms with E-state index in [2.05, 4.69) is 10.6 Å². The molecule has 1 spiro atoms. The van der Waals surface area contributed by atoms with Gasteiger partial charge in [-0.05, 0) is 43.7 Å². The highest BCUT2D eigenvalue weighted by atomic mass is 16.7. The summed E-state index contributed by atoms with van der Waals surface area (Å²) in [4.78, 5) is 39.9. The molecule has 0 atom stereocenters. The van der Waals surface area contributed by atoms with Crippen LogP contribution in [0.2, 0.25) is 0 Å². The van der Waals surface area contributed by atoms with Crippen molar-refractivity contribution in [3.8, 4) is 0 Å². The predicted molar refractivity (Wildman–Crippen MR) is 120 cm³/mol. The molecular formula is C23H28N4O5. The molecule has 2 aromatic rings. The minimum atomic E-state index is -0.558. The highest BCUT2D eigenvalue weighted by Crippen LogP contribution is 2.31. The van der Waals surface area contributed by atoms with E-state index in [4.69, 9.17) is 9.47 Å². The van der Waals surface area contributed by atoms with Crippen molar-refractivity contribution in [1.82, 2.24) is 9.47 Å². The van der Waals surface area contributed by atoms with Gasteiger partial charge in [-0.25, -0.2) is 4.79 Å². The Morgan fingerprint density at radius 2 is 1.75 bits per heavy atom. The van der Waals surface area contributed by atoms with Crippen LogP contribution < -0.4 is 16.2 Å². The quantitative estimate of drug-likeness (QED) is 0.761. The first kappa shape index (κ1) is 22.0. The number of piperidine rings is 1. The van der Waals surface area contributed by atoms with Gasteiger partial charge in [-0.2, -0.15) is 0 Å². The van der Waals surface area contributed by atoms with E-state index in [1.807, 2.05) is 25.1 Å². The molecule has 0 unspecified atom stereocenters. The number of amides is 3. The molecule has 0 radical (unpaired) electrons. The van der Waals surface area contributed by atoms with Crippen molar-refractivity contribution in [1.29, 1.82) is 0 Å². The molecule has 1 aromatic heterocycles. The highest BCUT2D eigenvalue weighted by Gasteiger charge is 2.40. The van der Waals surface area contributed by atoms with E-state index in [1.54, 1.807) is 30.0 Å². The lowest BCUT2D eigenvalue weighted by atomic mass is 10.0. The molecule has 2 aliphatic heterocycles. The number of benzene rings is 1. The SMILES string of the molecule is Cc1cccc(NC(=O)Nc2ccc(C)n(CC(=O)N3CCC4(CC3)OCCO4)c2=O)c1. The fourth-order valence-electron chi connectivity index (χ4n) is 4.09. The summed E-state index contributed by atoms with van der Waals surface area (Å²) in [6, 6.07) is 10.1. The lowest BCUT2D eigenvalue weighted by molar-refractivity contribution is -0.187. The number of aryl methyl sites for hydroxylation is 2. The second-order valence-electron chi connectivity index (χ2n) is 8.22. The van der Waals surface area contributed by atoms with Crippen LogP contribution >= 0.6 is 0 Å². The molecule has 2 aliphatic rings. The van der Waals surface area contributed by atoms with E-state index in [-0.39, 0.29) is 18.1 Å². The van der Waals surface area contributed by atoms with Crippen molar-refractivity contribution in [2.24, 2.45) is 0 Å². The number of hydrogen-bond acceptors (Lipinski definition) is 5. The number of likely N-dealkylation sites (tertiary alicyclic amines) is 1. The van der Waals surface area contributed by atoms with Gasteiger partial charge in [0.15, 0.2) is 5.79 Å². The predicted octanol–water partition coefficient (Wildman–Crippen LogP) is 2.47. The Hall–Kier alpha value is -3.17. The summed E-state index contributed by atoms with van der Waals surface area (Å²) >= 11 is 0. The number of pyridine rings is 1. The van der Waals surface area contributed by atoms with Gasteiger partial charge < -0.3 is 29.6 Å². The Kier molecular flexibility index (Phi) is 6.29. The highest BCUT2D eigenvalue weighted by molar-refractivity contribution is 5.99. The van der Waals surface area contributed by atoms with Gasteiger partial charge in [0.05, 0.1) is 13.2 Å². The second kappa shape index (κ2) is 9.13. The number of ether oxygens (including phenoxy) is 2. The third kappa shape index (κ3) is 4.84. The van der Waals surface area contributed by atoms with Gasteiger partial charge >= 0.3 is 6.03 Å². The second-order valence-corrected chi connectivity index (χ2v) is 8.22. The number of urea groups is 1. The molecule has 9 nitrogen and oxygen atoms in total. The first-order chi connectivity index (χ1) is 15.3. The minimum absolute atomic E-state index is 0.0889. The van der Waals surface area contributed by atoms with Gasteiger partial charge in [0.2, 0.25) is 5.91 Å². The third-order valence-corrected chi connectivity index (χ3v) is 5.90. The third-order valence-electron chi connectivity index (χ3n) is 5.90. The normalized spacial score (nSPS) is 17.4. The largest absolute Gasteiger partial charge is 0.347 e. The summed E-state index contributed by atoms with van der Waals surface area (Å²) in [6.07, 6.45) is 1.24. The average molecular weight is 441 g/mol. The van der Waals surface area contributed by atoms with Crippen molar-refractivity contribution in [2.45, 2.75) is 39.0 Å². The maximum Gasteiger partial charge on any atom is 0.323 e. The number of nitrogens with zero attached hydrogens (tertiary/aromatic N) is 2. The molecule has 2 saturated heterocycles. The Bertz CT molecular complexity index is 1060. The average Bonchev–Trinajstić information content (AvgIpc) is 3.21. The molecule has 3 amide bonds. The number of carbonyl (C=O) groups excluding carboxylic acids is 2. The van der Waals surface area contributed by atoms with Crippen LogP contribution in [-0.2, 0) is 20.8 Å². The maximum atomic E-state index is 13.0. The topological polar surface area (TPSA) is 102 Å². The lowest BCUT2D eigenvalue weighted by Crippen LogP contribution is -2.48. The summed E-state index contributed by atoms with van der Waals surface area (Å²) in [5, 5.41) is 5.30. The van der Waals surface area contributed by atoms with Crippen molar-refractivity contribution in [3.63, 3.8) is 0 Å². The van der Waals surface area contributed by atoms with Gasteiger partial charge in [-0.15, -0.1) is 0 Å². The zero-order valence-corrected chi connectivity index (χ0v) is 18.3. The molecule has 3 heterocycles. The zero-order chi connectivity index (χ0) is 22.7. The van der Waals surface area contributed by atoms with Gasteiger partial charge in [-0.3, -0.25) is 9.59 Å². The number of nitrogens with one attached hydrogen (secondary N) is 2. The molecule has 1 aromatic carbocycles. The molecule has 9 heteroatoms. The van der Waals surface area contributed by atoms with Crippen molar-refractivity contribution < 1.29 is 19.1 Å². The molecule has 170 valence electrons. The number of rotatable bonds is 4. The molecule has 0 saturated carbocycles. The van der Waals surface area contributed by atoms with Crippen LogP contribution in [0.1, 0.15) is 24.1 Å². The Balaban J connectivity index is 1.41. The van der Waals surface area contributed by atoms with E-state index in [0.29, 0.717) is 50.5 Å². The molecular weight excluding hydrogens is 412 g/mol. The molecule has 0 aliphatic carbocycles. The van der Waals surface area contributed by atoms with Crippen LogP contribution in [0.3, 0.4) is 0 Å². The first-order valence-corrected chi connectivity index (χ1v) is 10.8. The molecule has 2 fully saturated rings. The molecule has 2 N–H and O–H groups in total. The molecule has 0 bridgehead atoms. The van der Waals surface area contributed by atoms with E-state index < -0.39 is 17.4 Å². The van der Waals surface area contributed by atoms with Crippen LogP contribution in [0.5, 0.6) is 0 Å². The summed E-state index contributed by atoms with van der Waals surface area (Å²) < 4.78 is 12.8. The molecule has 4 rings (SSSR count). The Morgan fingerprint density at radius 1 is 1.03 bits per heavy atom. The van der Waals surface area contributed by atoms with Crippen LogP contribution in [0.4, 0.5) is 16.2 Å². The van der Waals surface area contributed by atoms with Gasteiger partial charge in [0, 0.05) is 37.3 Å². The summed E-state index contributed by atoms with van der Waals surface area (Å²) in [6.45, 7) is 5.80. The zero-order valence-electron chi connectivity index (χ0n) is 18.3. The standard InChI is InChI=1S/C23H28N4O5/c1-16-4-3-5-18(14-16)24-22(30)25-19-7-6-17(2)27(21(19)29)15-20(28)26-10-8-23(9-11-26)31-12-13-32-23/h3-7,14H,8-13,15H2,1-2H3,(H2,24,25,30). The van der Waals surface area contributed by atoms with Crippen molar-refractivity contribution >= 4 is 23.3 Å². The number of aromatic nitrogens is 1. The summed E-state index contributed by atoms with van der Waals surface area (Å²) in [5.41, 5.74) is 1.97. The van der Waals surface area contributed by atoms with Crippen molar-refractivity contribution in [3.05, 3.63) is 58.0 Å². The lowest BCUT2D eigenvalue weighted by Gasteiger charge is -2.37. The maximum absolute atomic E-state index is 13.0. The van der Waals surface area contributed by atoms with Crippen LogP contribution in [0.15, 0.2) is 41.2 Å². The van der Waals surface area contributed by atoms with Crippen LogP contribution in [0, 0.1) is 13.8 Å². The Labute approximate surface area is 186 Å². The van der Waals surface area contributed by atoms with E-state index in [9.17, 15) is 14.4 Å². The fraction of sp³-hybridized carbons (Fsp3) is 0.435. The molecule has 32 heavy (non-hydrogen) atoms. The van der Waals surface area contributed by atoms with E-state index >= 15 is 0 Å². The van der Waals surface area contributed by atoms with Gasteiger partial charge in [0.25, 0.3) is 5.56 Å². The fourth-order valence-corrected chi connectivity index (χ4v) is 4.09. The summed E-state index contributed by atoms with van der Waals surface area (Å²) in [5.74, 6) is -0.706. The monoisotopic (exact) mass is 440 g/mol.